The van der Waals surface area contributed by atoms with Crippen molar-refractivity contribution in [3.05, 3.63) is 0 Å². The van der Waals surface area contributed by atoms with Crippen molar-refractivity contribution < 1.29 is 0 Å². The largest absolute Gasteiger partial charge is 0.313 e. The van der Waals surface area contributed by atoms with Gasteiger partial charge in [-0.25, -0.2) is 0 Å². The molecule has 0 aromatic carbocycles. The van der Waals surface area contributed by atoms with Crippen molar-refractivity contribution >= 4 is 0 Å². The highest BCUT2D eigenvalue weighted by atomic mass is 15.2. The molecular formula is C18H34N2. The summed E-state index contributed by atoms with van der Waals surface area (Å²) >= 11 is 0. The Morgan fingerprint density at radius 3 is 2.55 bits per heavy atom. The molecule has 3 fully saturated rings. The first-order valence-corrected chi connectivity index (χ1v) is 9.18. The third-order valence-corrected chi connectivity index (χ3v) is 6.19. The zero-order valence-corrected chi connectivity index (χ0v) is 13.7. The SMILES string of the molecule is CCC(C)(CNC1CC1)CN1CCC[C@H]2CCCC[C@H]21. The van der Waals surface area contributed by atoms with Crippen LogP contribution >= 0.6 is 0 Å². The van der Waals surface area contributed by atoms with Crippen LogP contribution in [0.5, 0.6) is 0 Å². The van der Waals surface area contributed by atoms with E-state index < -0.39 is 0 Å². The van der Waals surface area contributed by atoms with E-state index in [1.165, 1.54) is 77.4 Å². The smallest absolute Gasteiger partial charge is 0.0124 e. The molecule has 1 saturated heterocycles. The van der Waals surface area contributed by atoms with Crippen LogP contribution in [0.3, 0.4) is 0 Å². The van der Waals surface area contributed by atoms with Crippen LogP contribution in [0, 0.1) is 11.3 Å². The van der Waals surface area contributed by atoms with Crippen LogP contribution in [0.25, 0.3) is 0 Å². The lowest BCUT2D eigenvalue weighted by molar-refractivity contribution is 0.0264. The Labute approximate surface area is 125 Å². The van der Waals surface area contributed by atoms with Gasteiger partial charge in [-0.3, -0.25) is 4.90 Å². The standard InChI is InChI=1S/C18H34N2/c1-3-18(2,13-19-16-10-11-16)14-20-12-6-8-15-7-4-5-9-17(15)20/h15-17,19H,3-14H2,1-2H3/t15-,17-,18?/m1/s1. The molecule has 3 atom stereocenters. The van der Waals surface area contributed by atoms with Crippen LogP contribution in [0.4, 0.5) is 0 Å². The number of likely N-dealkylation sites (tertiary alicyclic amines) is 1. The van der Waals surface area contributed by atoms with Crippen molar-refractivity contribution in [3.63, 3.8) is 0 Å². The van der Waals surface area contributed by atoms with Crippen molar-refractivity contribution in [2.45, 2.75) is 83.7 Å². The molecule has 2 nitrogen and oxygen atoms in total. The molecule has 3 rings (SSSR count). The highest BCUT2D eigenvalue weighted by molar-refractivity contribution is 4.92. The summed E-state index contributed by atoms with van der Waals surface area (Å²) < 4.78 is 0. The maximum absolute atomic E-state index is 3.78. The van der Waals surface area contributed by atoms with Crippen molar-refractivity contribution in [2.75, 3.05) is 19.6 Å². The van der Waals surface area contributed by atoms with Crippen LogP contribution in [0.15, 0.2) is 0 Å². The molecule has 116 valence electrons. The van der Waals surface area contributed by atoms with E-state index in [0.29, 0.717) is 5.41 Å². The molecule has 2 aliphatic carbocycles. The number of hydrogen-bond donors (Lipinski definition) is 1. The zero-order valence-electron chi connectivity index (χ0n) is 13.7. The second-order valence-corrected chi connectivity index (χ2v) is 8.04. The fourth-order valence-electron chi connectivity index (χ4n) is 4.39. The average molecular weight is 278 g/mol. The Balaban J connectivity index is 1.57. The third kappa shape index (κ3) is 3.57. The number of nitrogens with zero attached hydrogens (tertiary/aromatic N) is 1. The first-order valence-electron chi connectivity index (χ1n) is 9.18. The van der Waals surface area contributed by atoms with Gasteiger partial charge in [0.05, 0.1) is 0 Å². The van der Waals surface area contributed by atoms with Gasteiger partial charge in [0.15, 0.2) is 0 Å². The van der Waals surface area contributed by atoms with Crippen LogP contribution in [0.2, 0.25) is 0 Å². The van der Waals surface area contributed by atoms with Crippen molar-refractivity contribution in [1.29, 1.82) is 0 Å². The van der Waals surface area contributed by atoms with Gasteiger partial charge in [-0.1, -0.05) is 26.7 Å². The summed E-state index contributed by atoms with van der Waals surface area (Å²) in [5.74, 6) is 1.02. The highest BCUT2D eigenvalue weighted by Gasteiger charge is 2.37. The normalized spacial score (nSPS) is 34.5. The summed E-state index contributed by atoms with van der Waals surface area (Å²) in [5.41, 5.74) is 0.474. The molecule has 0 radical (unpaired) electrons. The van der Waals surface area contributed by atoms with Crippen LogP contribution in [-0.4, -0.2) is 36.6 Å². The quantitative estimate of drug-likeness (QED) is 0.795. The van der Waals surface area contributed by atoms with E-state index >= 15 is 0 Å². The number of fused-ring (bicyclic) bond motifs is 1. The van der Waals surface area contributed by atoms with Crippen molar-refractivity contribution in [3.8, 4) is 0 Å². The molecule has 2 saturated carbocycles. The first-order chi connectivity index (χ1) is 9.70. The van der Waals surface area contributed by atoms with Gasteiger partial charge in [0.1, 0.15) is 0 Å². The van der Waals surface area contributed by atoms with E-state index in [-0.39, 0.29) is 0 Å². The zero-order chi connectivity index (χ0) is 14.0. The molecule has 0 spiro atoms. The first kappa shape index (κ1) is 14.8. The number of rotatable bonds is 6. The summed E-state index contributed by atoms with van der Waals surface area (Å²) in [4.78, 5) is 2.88. The van der Waals surface area contributed by atoms with Crippen LogP contribution in [0.1, 0.15) is 71.6 Å². The monoisotopic (exact) mass is 278 g/mol. The minimum atomic E-state index is 0.474. The summed E-state index contributed by atoms with van der Waals surface area (Å²) in [6, 6.07) is 1.77. The fourth-order valence-corrected chi connectivity index (χ4v) is 4.39. The maximum atomic E-state index is 3.78. The molecule has 1 N–H and O–H groups in total. The highest BCUT2D eigenvalue weighted by Crippen LogP contribution is 2.37. The summed E-state index contributed by atoms with van der Waals surface area (Å²) in [6.07, 6.45) is 13.0. The molecule has 0 aromatic heterocycles. The summed E-state index contributed by atoms with van der Waals surface area (Å²) in [7, 11) is 0. The number of hydrogen-bond acceptors (Lipinski definition) is 2. The van der Waals surface area contributed by atoms with Gasteiger partial charge in [0.2, 0.25) is 0 Å². The van der Waals surface area contributed by atoms with E-state index in [0.717, 1.165) is 18.0 Å². The Bertz CT molecular complexity index is 311. The van der Waals surface area contributed by atoms with Gasteiger partial charge in [-0.05, 0) is 62.8 Å². The van der Waals surface area contributed by atoms with Crippen molar-refractivity contribution in [1.82, 2.24) is 10.2 Å². The van der Waals surface area contributed by atoms with E-state index in [2.05, 4.69) is 24.1 Å². The molecule has 0 amide bonds. The van der Waals surface area contributed by atoms with E-state index in [9.17, 15) is 0 Å². The average Bonchev–Trinajstić information content (AvgIpc) is 3.30. The molecule has 20 heavy (non-hydrogen) atoms. The Morgan fingerprint density at radius 2 is 1.80 bits per heavy atom. The maximum Gasteiger partial charge on any atom is 0.0124 e. The molecule has 2 heteroatoms. The lowest BCUT2D eigenvalue weighted by Crippen LogP contribution is -2.52. The van der Waals surface area contributed by atoms with Gasteiger partial charge >= 0.3 is 0 Å². The molecule has 0 bridgehead atoms. The lowest BCUT2D eigenvalue weighted by Gasteiger charge is -2.47. The minimum absolute atomic E-state index is 0.474. The topological polar surface area (TPSA) is 15.3 Å². The van der Waals surface area contributed by atoms with Crippen molar-refractivity contribution in [2.24, 2.45) is 11.3 Å². The molecule has 1 heterocycles. The molecule has 1 aliphatic heterocycles. The second kappa shape index (κ2) is 6.36. The minimum Gasteiger partial charge on any atom is -0.313 e. The van der Waals surface area contributed by atoms with Gasteiger partial charge < -0.3 is 5.32 Å². The second-order valence-electron chi connectivity index (χ2n) is 8.04. The Kier molecular flexibility index (Phi) is 4.72. The third-order valence-electron chi connectivity index (χ3n) is 6.19. The van der Waals surface area contributed by atoms with Gasteiger partial charge in [-0.2, -0.15) is 0 Å². The molecule has 0 aromatic rings. The molecule has 1 unspecified atom stereocenters. The number of nitrogens with one attached hydrogen (secondary N) is 1. The Morgan fingerprint density at radius 1 is 1.05 bits per heavy atom. The van der Waals surface area contributed by atoms with Crippen LogP contribution < -0.4 is 5.32 Å². The van der Waals surface area contributed by atoms with Gasteiger partial charge in [0.25, 0.3) is 0 Å². The predicted octanol–water partition coefficient (Wildman–Crippen LogP) is 3.81. The predicted molar refractivity (Wildman–Crippen MR) is 86.0 cm³/mol. The van der Waals surface area contributed by atoms with E-state index in [4.69, 9.17) is 0 Å². The van der Waals surface area contributed by atoms with E-state index in [1.54, 1.807) is 0 Å². The van der Waals surface area contributed by atoms with Gasteiger partial charge in [-0.15, -0.1) is 0 Å². The van der Waals surface area contributed by atoms with Crippen LogP contribution in [-0.2, 0) is 0 Å². The summed E-state index contributed by atoms with van der Waals surface area (Å²) in [5, 5.41) is 3.78. The summed E-state index contributed by atoms with van der Waals surface area (Å²) in [6.45, 7) is 8.80. The fraction of sp³-hybridized carbons (Fsp3) is 1.00. The Hall–Kier alpha value is -0.0800. The van der Waals surface area contributed by atoms with Gasteiger partial charge in [0, 0.05) is 25.2 Å². The molecular weight excluding hydrogens is 244 g/mol. The lowest BCUT2D eigenvalue weighted by atomic mass is 9.76. The number of piperidine rings is 1. The van der Waals surface area contributed by atoms with E-state index in [1.807, 2.05) is 0 Å². The molecule has 3 aliphatic rings.